The quantitative estimate of drug-likeness (QED) is 0.351. The van der Waals surface area contributed by atoms with Crippen molar-refractivity contribution in [3.05, 3.63) is 0 Å². The summed E-state index contributed by atoms with van der Waals surface area (Å²) in [6, 6.07) is 0. The zero-order valence-electron chi connectivity index (χ0n) is 4.74. The number of aliphatic carboxylic acids is 1. The number of hydrogen-bond acceptors (Lipinski definition) is 4. The van der Waals surface area contributed by atoms with Gasteiger partial charge in [-0.05, 0) is 0 Å². The van der Waals surface area contributed by atoms with E-state index in [0.29, 0.717) is 0 Å². The lowest BCUT2D eigenvalue weighted by molar-refractivity contribution is -0.167. The molecule has 0 aromatic carbocycles. The second kappa shape index (κ2) is 2.77. The highest BCUT2D eigenvalue weighted by Gasteiger charge is 2.16. The first kappa shape index (κ1) is 8.35. The third kappa shape index (κ3) is 7.35. The molecule has 0 aromatic heterocycles. The fraction of sp³-hybridized carbons (Fsp3) is 0.750. The van der Waals surface area contributed by atoms with E-state index in [2.05, 4.69) is 5.73 Å². The molecule has 0 saturated carbocycles. The van der Waals surface area contributed by atoms with Crippen LogP contribution in [0.5, 0.6) is 0 Å². The summed E-state index contributed by atoms with van der Waals surface area (Å²) >= 11 is 0. The molecule has 0 heterocycles. The average molecular weight is 135 g/mol. The van der Waals surface area contributed by atoms with Crippen molar-refractivity contribution >= 4 is 5.97 Å². The van der Waals surface area contributed by atoms with Gasteiger partial charge in [-0.3, -0.25) is 10.5 Å². The van der Waals surface area contributed by atoms with Crippen molar-refractivity contribution in [1.29, 1.82) is 0 Å². The highest BCUT2D eigenvalue weighted by Crippen LogP contribution is 1.99. The van der Waals surface area contributed by atoms with Gasteiger partial charge in [0.2, 0.25) is 5.91 Å². The molecule has 0 saturated heterocycles. The Kier molecular flexibility index (Phi) is 2.57. The van der Waals surface area contributed by atoms with Crippen LogP contribution in [0.15, 0.2) is 0 Å². The van der Waals surface area contributed by atoms with Crippen molar-refractivity contribution in [1.82, 2.24) is 0 Å². The van der Waals surface area contributed by atoms with Crippen molar-refractivity contribution in [2.75, 3.05) is 0 Å². The molecule has 0 radical (unpaired) electrons. The zero-order chi connectivity index (χ0) is 7.49. The third-order valence-electron chi connectivity index (χ3n) is 0.707. The Morgan fingerprint density at radius 3 is 2.11 bits per heavy atom. The highest BCUT2D eigenvalue weighted by atomic mass is 16.5. The molecule has 5 heteroatoms. The minimum Gasteiger partial charge on any atom is -0.481 e. The van der Waals surface area contributed by atoms with Gasteiger partial charge in [0.1, 0.15) is 0 Å². The molecule has 0 rings (SSSR count). The van der Waals surface area contributed by atoms with E-state index < -0.39 is 11.9 Å². The van der Waals surface area contributed by atoms with Crippen LogP contribution < -0.4 is 5.73 Å². The molecule has 0 unspecified atom stereocenters. The van der Waals surface area contributed by atoms with Gasteiger partial charge in [-0.15, -0.1) is 0 Å². The van der Waals surface area contributed by atoms with Gasteiger partial charge in [-0.2, -0.15) is 0 Å². The van der Waals surface area contributed by atoms with Crippen LogP contribution in [0, 0.1) is 0 Å². The fourth-order valence-electron chi connectivity index (χ4n) is 0.291. The van der Waals surface area contributed by atoms with Crippen LogP contribution in [0.25, 0.3) is 0 Å². The molecule has 0 amide bonds. The summed E-state index contributed by atoms with van der Waals surface area (Å²) in [5.41, 5.74) is 4.63. The van der Waals surface area contributed by atoms with Crippen molar-refractivity contribution < 1.29 is 20.1 Å². The second-order valence-corrected chi connectivity index (χ2v) is 1.77. The number of carboxylic acids is 1. The van der Waals surface area contributed by atoms with E-state index in [1.807, 2.05) is 0 Å². The lowest BCUT2D eigenvalue weighted by atomic mass is 10.2. The highest BCUT2D eigenvalue weighted by molar-refractivity contribution is 5.66. The number of aliphatic hydroxyl groups is 2. The Morgan fingerprint density at radius 2 is 2.00 bits per heavy atom. The Morgan fingerprint density at radius 1 is 1.56 bits per heavy atom. The summed E-state index contributed by atoms with van der Waals surface area (Å²) in [7, 11) is 0. The van der Waals surface area contributed by atoms with E-state index in [9.17, 15) is 4.79 Å². The Balaban J connectivity index is 3.39. The number of rotatable bonds is 3. The molecular formula is C4H9NO4. The van der Waals surface area contributed by atoms with Crippen molar-refractivity contribution in [2.45, 2.75) is 18.8 Å². The topological polar surface area (TPSA) is 104 Å². The second-order valence-electron chi connectivity index (χ2n) is 1.77. The van der Waals surface area contributed by atoms with E-state index in [-0.39, 0.29) is 12.8 Å². The average Bonchev–Trinajstić information content (AvgIpc) is 1.59. The Labute approximate surface area is 51.7 Å². The van der Waals surface area contributed by atoms with Gasteiger partial charge in [0, 0.05) is 6.42 Å². The van der Waals surface area contributed by atoms with E-state index in [4.69, 9.17) is 15.3 Å². The number of carboxylic acid groups (broad SMARTS) is 1. The molecule has 9 heavy (non-hydrogen) atoms. The van der Waals surface area contributed by atoms with Gasteiger partial charge >= 0.3 is 5.97 Å². The third-order valence-corrected chi connectivity index (χ3v) is 0.707. The smallest absolute Gasteiger partial charge is 0.303 e. The molecule has 0 fully saturated rings. The van der Waals surface area contributed by atoms with Crippen LogP contribution >= 0.6 is 0 Å². The SMILES string of the molecule is NC(O)(O)CCC(=O)O. The molecule has 54 valence electrons. The number of carbonyl (C=O) groups is 1. The minimum atomic E-state index is -2.35. The summed E-state index contributed by atoms with van der Waals surface area (Å²) < 4.78 is 0. The maximum Gasteiger partial charge on any atom is 0.303 e. The molecule has 0 aromatic rings. The minimum absolute atomic E-state index is 0.344. The summed E-state index contributed by atoms with van der Waals surface area (Å²) in [4.78, 5) is 9.77. The normalized spacial score (nSPS) is 11.4. The van der Waals surface area contributed by atoms with Crippen molar-refractivity contribution in [3.63, 3.8) is 0 Å². The maximum absolute atomic E-state index is 9.77. The first-order valence-corrected chi connectivity index (χ1v) is 2.37. The summed E-state index contributed by atoms with van der Waals surface area (Å²) in [5.74, 6) is -3.45. The van der Waals surface area contributed by atoms with Gasteiger partial charge in [-0.25, -0.2) is 0 Å². The molecule has 5 N–H and O–H groups in total. The summed E-state index contributed by atoms with van der Waals surface area (Å²) in [6.45, 7) is 0. The van der Waals surface area contributed by atoms with E-state index in [1.165, 1.54) is 0 Å². The molecular weight excluding hydrogens is 126 g/mol. The molecule has 0 aliphatic carbocycles. The molecule has 0 aliphatic rings. The monoisotopic (exact) mass is 135 g/mol. The molecule has 0 atom stereocenters. The van der Waals surface area contributed by atoms with Gasteiger partial charge in [0.05, 0.1) is 6.42 Å². The zero-order valence-corrected chi connectivity index (χ0v) is 4.74. The van der Waals surface area contributed by atoms with E-state index in [0.717, 1.165) is 0 Å². The summed E-state index contributed by atoms with van der Waals surface area (Å²) in [6.07, 6.45) is -0.703. The van der Waals surface area contributed by atoms with Crippen LogP contribution in [0.3, 0.4) is 0 Å². The first-order chi connectivity index (χ1) is 3.92. The standard InChI is InChI=1S/C4H9NO4/c5-4(8,9)2-1-3(6)7/h8-9H,1-2,5H2,(H,6,7). The van der Waals surface area contributed by atoms with E-state index >= 15 is 0 Å². The number of hydrogen-bond donors (Lipinski definition) is 4. The lowest BCUT2D eigenvalue weighted by Gasteiger charge is -2.12. The van der Waals surface area contributed by atoms with Crippen molar-refractivity contribution in [2.24, 2.45) is 5.73 Å². The van der Waals surface area contributed by atoms with Crippen LogP contribution in [-0.4, -0.2) is 27.2 Å². The maximum atomic E-state index is 9.77. The Hall–Kier alpha value is -0.650. The Bertz CT molecular complexity index is 106. The van der Waals surface area contributed by atoms with E-state index in [1.54, 1.807) is 0 Å². The predicted molar refractivity (Wildman–Crippen MR) is 28.2 cm³/mol. The fourth-order valence-corrected chi connectivity index (χ4v) is 0.291. The first-order valence-electron chi connectivity index (χ1n) is 2.37. The van der Waals surface area contributed by atoms with Crippen LogP contribution in [-0.2, 0) is 4.79 Å². The largest absolute Gasteiger partial charge is 0.481 e. The van der Waals surface area contributed by atoms with Crippen LogP contribution in [0.1, 0.15) is 12.8 Å². The summed E-state index contributed by atoms with van der Waals surface area (Å²) in [5, 5.41) is 24.7. The van der Waals surface area contributed by atoms with Gasteiger partial charge in [-0.1, -0.05) is 0 Å². The van der Waals surface area contributed by atoms with Gasteiger partial charge < -0.3 is 15.3 Å². The molecule has 0 spiro atoms. The van der Waals surface area contributed by atoms with Crippen molar-refractivity contribution in [3.8, 4) is 0 Å². The van der Waals surface area contributed by atoms with Gasteiger partial charge in [0.25, 0.3) is 0 Å². The van der Waals surface area contributed by atoms with Gasteiger partial charge in [0.15, 0.2) is 0 Å². The van der Waals surface area contributed by atoms with Crippen LogP contribution in [0.4, 0.5) is 0 Å². The molecule has 0 aliphatic heterocycles. The lowest BCUT2D eigenvalue weighted by Crippen LogP contribution is -2.39. The van der Waals surface area contributed by atoms with Crippen LogP contribution in [0.2, 0.25) is 0 Å². The molecule has 0 bridgehead atoms. The number of nitrogens with two attached hydrogens (primary N) is 1. The predicted octanol–water partition coefficient (Wildman–Crippen LogP) is -1.55. The molecule has 5 nitrogen and oxygen atoms in total.